The summed E-state index contributed by atoms with van der Waals surface area (Å²) in [5.41, 5.74) is -0.826. The monoisotopic (exact) mass is 454 g/mol. The van der Waals surface area contributed by atoms with Gasteiger partial charge in [0.1, 0.15) is 29.9 Å². The number of benzene rings is 2. The highest BCUT2D eigenvalue weighted by atomic mass is 79.9. The van der Waals surface area contributed by atoms with E-state index in [1.807, 2.05) is 24.3 Å². The Morgan fingerprint density at radius 3 is 2.63 bits per heavy atom. The Morgan fingerprint density at radius 1 is 1.26 bits per heavy atom. The van der Waals surface area contributed by atoms with E-state index < -0.39 is 22.5 Å². The largest absolute Gasteiger partial charge is 0.382 e. The van der Waals surface area contributed by atoms with Crippen LogP contribution in [0.2, 0.25) is 0 Å². The average Bonchev–Trinajstić information content (AvgIpc) is 3.13. The zero-order valence-corrected chi connectivity index (χ0v) is 16.7. The summed E-state index contributed by atoms with van der Waals surface area (Å²) in [6.07, 6.45) is 2.77. The van der Waals surface area contributed by atoms with Crippen LogP contribution in [0.25, 0.3) is 0 Å². The van der Waals surface area contributed by atoms with Crippen LogP contribution in [0.1, 0.15) is 12.5 Å². The Balaban J connectivity index is 1.87. The third-order valence-corrected chi connectivity index (χ3v) is 5.76. The van der Waals surface area contributed by atoms with Crippen molar-refractivity contribution >= 4 is 33.6 Å². The lowest BCUT2D eigenvalue weighted by atomic mass is 9.90. The van der Waals surface area contributed by atoms with Crippen molar-refractivity contribution in [2.75, 3.05) is 4.72 Å². The maximum absolute atomic E-state index is 14.5. The molecule has 0 saturated carbocycles. The van der Waals surface area contributed by atoms with Crippen LogP contribution >= 0.6 is 27.9 Å². The first-order valence-corrected chi connectivity index (χ1v) is 9.73. The van der Waals surface area contributed by atoms with E-state index in [1.165, 1.54) is 35.4 Å². The topological polar surface area (TPSA) is 63.0 Å². The molecule has 0 unspecified atom stereocenters. The predicted molar refractivity (Wildman–Crippen MR) is 105 cm³/mol. The fourth-order valence-corrected chi connectivity index (χ4v) is 3.72. The SMILES string of the molecule is C[C@@H](SNc1ccc(Br)cc1)[C@](O)(Cn1cncn1)c1ccc(F)cc1F. The first kappa shape index (κ1) is 19.8. The summed E-state index contributed by atoms with van der Waals surface area (Å²) in [5.74, 6) is -1.51. The lowest BCUT2D eigenvalue weighted by molar-refractivity contribution is 0.0134. The quantitative estimate of drug-likeness (QED) is 0.519. The zero-order chi connectivity index (χ0) is 19.4. The summed E-state index contributed by atoms with van der Waals surface area (Å²) in [7, 11) is 0. The molecule has 2 N–H and O–H groups in total. The molecule has 0 spiro atoms. The van der Waals surface area contributed by atoms with Gasteiger partial charge in [-0.15, -0.1) is 0 Å². The lowest BCUT2D eigenvalue weighted by Crippen LogP contribution is -2.41. The van der Waals surface area contributed by atoms with Crippen molar-refractivity contribution in [3.05, 3.63) is 76.8 Å². The van der Waals surface area contributed by atoms with Crippen LogP contribution in [-0.4, -0.2) is 25.1 Å². The van der Waals surface area contributed by atoms with Gasteiger partial charge in [-0.05, 0) is 49.2 Å². The Labute approximate surface area is 168 Å². The summed E-state index contributed by atoms with van der Waals surface area (Å²) >= 11 is 4.61. The summed E-state index contributed by atoms with van der Waals surface area (Å²) in [6, 6.07) is 10.7. The number of hydrogen-bond acceptors (Lipinski definition) is 5. The molecule has 1 aromatic heterocycles. The van der Waals surface area contributed by atoms with Gasteiger partial charge in [0.25, 0.3) is 0 Å². The molecule has 142 valence electrons. The number of hydrogen-bond donors (Lipinski definition) is 2. The summed E-state index contributed by atoms with van der Waals surface area (Å²) in [5, 5.41) is 14.9. The van der Waals surface area contributed by atoms with Gasteiger partial charge < -0.3 is 9.83 Å². The van der Waals surface area contributed by atoms with Gasteiger partial charge in [0.05, 0.1) is 11.8 Å². The molecule has 5 nitrogen and oxygen atoms in total. The smallest absolute Gasteiger partial charge is 0.137 e. The Hall–Kier alpha value is -1.97. The Bertz CT molecular complexity index is 895. The highest BCUT2D eigenvalue weighted by Gasteiger charge is 2.39. The summed E-state index contributed by atoms with van der Waals surface area (Å²) in [6.45, 7) is 1.72. The van der Waals surface area contributed by atoms with E-state index in [-0.39, 0.29) is 12.1 Å². The third-order valence-electron chi connectivity index (χ3n) is 4.14. The maximum Gasteiger partial charge on any atom is 0.137 e. The van der Waals surface area contributed by atoms with Crippen LogP contribution in [0.15, 0.2) is 59.6 Å². The second-order valence-electron chi connectivity index (χ2n) is 6.01. The summed E-state index contributed by atoms with van der Waals surface area (Å²) in [4.78, 5) is 3.86. The number of nitrogens with zero attached hydrogens (tertiary/aromatic N) is 3. The second kappa shape index (κ2) is 8.37. The number of aromatic nitrogens is 3. The fraction of sp³-hybridized carbons (Fsp3) is 0.222. The van der Waals surface area contributed by atoms with E-state index >= 15 is 0 Å². The molecule has 0 bridgehead atoms. The van der Waals surface area contributed by atoms with E-state index in [9.17, 15) is 13.9 Å². The van der Waals surface area contributed by atoms with Crippen molar-refractivity contribution in [1.82, 2.24) is 14.8 Å². The van der Waals surface area contributed by atoms with Crippen LogP contribution in [0, 0.1) is 11.6 Å². The molecule has 0 radical (unpaired) electrons. The molecule has 0 fully saturated rings. The van der Waals surface area contributed by atoms with Gasteiger partial charge in [-0.1, -0.05) is 22.0 Å². The molecule has 0 aliphatic carbocycles. The standard InChI is InChI=1S/C18H17BrF2N4OS/c1-12(27-24-15-5-2-13(19)3-6-15)18(26,9-25-11-22-10-23-25)16-7-4-14(20)8-17(16)21/h2-8,10-12,24,26H,9H2,1H3/t12-,18-/m1/s1. The predicted octanol–water partition coefficient (Wildman–Crippen LogP) is 4.36. The molecule has 1 heterocycles. The van der Waals surface area contributed by atoms with E-state index in [4.69, 9.17) is 0 Å². The Kier molecular flexibility index (Phi) is 6.13. The molecule has 0 aliphatic rings. The van der Waals surface area contributed by atoms with Crippen molar-refractivity contribution in [3.8, 4) is 0 Å². The van der Waals surface area contributed by atoms with Crippen LogP contribution in [-0.2, 0) is 12.1 Å². The van der Waals surface area contributed by atoms with Crippen molar-refractivity contribution in [2.24, 2.45) is 0 Å². The van der Waals surface area contributed by atoms with E-state index in [0.29, 0.717) is 0 Å². The van der Waals surface area contributed by atoms with Crippen LogP contribution in [0.3, 0.4) is 0 Å². The van der Waals surface area contributed by atoms with Gasteiger partial charge in [-0.25, -0.2) is 18.4 Å². The maximum atomic E-state index is 14.5. The minimum Gasteiger partial charge on any atom is -0.382 e. The molecule has 9 heteroatoms. The van der Waals surface area contributed by atoms with Gasteiger partial charge in [0, 0.05) is 21.8 Å². The first-order valence-electron chi connectivity index (χ1n) is 8.06. The molecule has 3 rings (SSSR count). The molecule has 2 aromatic carbocycles. The third kappa shape index (κ3) is 4.66. The van der Waals surface area contributed by atoms with Gasteiger partial charge in [0.15, 0.2) is 0 Å². The fourth-order valence-electron chi connectivity index (χ4n) is 2.61. The molecule has 27 heavy (non-hydrogen) atoms. The van der Waals surface area contributed by atoms with Gasteiger partial charge >= 0.3 is 0 Å². The molecular weight excluding hydrogens is 438 g/mol. The highest BCUT2D eigenvalue weighted by Crippen LogP contribution is 2.36. The molecule has 0 saturated heterocycles. The number of halogens is 3. The molecule has 3 aromatic rings. The number of nitrogens with one attached hydrogen (secondary N) is 1. The minimum absolute atomic E-state index is 0.00277. The van der Waals surface area contributed by atoms with Crippen molar-refractivity contribution in [2.45, 2.75) is 24.3 Å². The average molecular weight is 455 g/mol. The molecule has 2 atom stereocenters. The second-order valence-corrected chi connectivity index (χ2v) is 8.07. The first-order chi connectivity index (χ1) is 12.9. The summed E-state index contributed by atoms with van der Waals surface area (Å²) < 4.78 is 33.3. The van der Waals surface area contributed by atoms with Crippen molar-refractivity contribution in [3.63, 3.8) is 0 Å². The number of aliphatic hydroxyl groups is 1. The molecule has 0 amide bonds. The van der Waals surface area contributed by atoms with Crippen molar-refractivity contribution < 1.29 is 13.9 Å². The number of anilines is 1. The molecule has 0 aliphatic heterocycles. The van der Waals surface area contributed by atoms with Crippen LogP contribution < -0.4 is 4.72 Å². The van der Waals surface area contributed by atoms with Crippen LogP contribution in [0.4, 0.5) is 14.5 Å². The highest BCUT2D eigenvalue weighted by molar-refractivity contribution is 9.10. The normalized spacial score (nSPS) is 14.6. The van der Waals surface area contributed by atoms with E-state index in [2.05, 4.69) is 30.7 Å². The minimum atomic E-state index is -1.65. The number of rotatable bonds is 7. The zero-order valence-electron chi connectivity index (χ0n) is 14.3. The van der Waals surface area contributed by atoms with Gasteiger partial charge in [-0.3, -0.25) is 0 Å². The molecular formula is C18H17BrF2N4OS. The Morgan fingerprint density at radius 2 is 2.00 bits per heavy atom. The van der Waals surface area contributed by atoms with Crippen LogP contribution in [0.5, 0.6) is 0 Å². The van der Waals surface area contributed by atoms with Crippen molar-refractivity contribution in [1.29, 1.82) is 0 Å². The lowest BCUT2D eigenvalue weighted by Gasteiger charge is -2.34. The van der Waals surface area contributed by atoms with E-state index in [0.717, 1.165) is 22.3 Å². The van der Waals surface area contributed by atoms with Gasteiger partial charge in [0.2, 0.25) is 0 Å². The van der Waals surface area contributed by atoms with E-state index in [1.54, 1.807) is 6.92 Å². The van der Waals surface area contributed by atoms with Gasteiger partial charge in [-0.2, -0.15) is 5.10 Å².